The molecule has 0 saturated heterocycles. The van der Waals surface area contributed by atoms with E-state index in [1.165, 1.54) is 14.2 Å². The molecule has 0 unspecified atom stereocenters. The zero-order chi connectivity index (χ0) is 15.7. The van der Waals surface area contributed by atoms with Gasteiger partial charge in [-0.2, -0.15) is 0 Å². The highest BCUT2D eigenvalue weighted by atomic mass is 16.5. The van der Waals surface area contributed by atoms with Crippen LogP contribution in [0, 0.1) is 0 Å². The van der Waals surface area contributed by atoms with Gasteiger partial charge in [-0.3, -0.25) is 9.59 Å². The SMILES string of the molecule is COC(=O)CN(C)C(=O)CNC(=O)OCc1ccccc1. The number of alkyl carbamates (subject to hydrolysis) is 1. The van der Waals surface area contributed by atoms with Crippen LogP contribution in [0.3, 0.4) is 0 Å². The van der Waals surface area contributed by atoms with Gasteiger partial charge in [-0.1, -0.05) is 30.3 Å². The Morgan fingerprint density at radius 1 is 1.19 bits per heavy atom. The molecule has 0 atom stereocenters. The van der Waals surface area contributed by atoms with Crippen LogP contribution in [0.5, 0.6) is 0 Å². The predicted molar refractivity (Wildman–Crippen MR) is 74.3 cm³/mol. The molecular formula is C14H18N2O5. The van der Waals surface area contributed by atoms with Crippen LogP contribution in [0.15, 0.2) is 30.3 Å². The highest BCUT2D eigenvalue weighted by Gasteiger charge is 2.14. The highest BCUT2D eigenvalue weighted by molar-refractivity contribution is 5.85. The Morgan fingerprint density at radius 2 is 1.86 bits per heavy atom. The fourth-order valence-corrected chi connectivity index (χ4v) is 1.40. The quantitative estimate of drug-likeness (QED) is 0.774. The van der Waals surface area contributed by atoms with Crippen molar-refractivity contribution in [2.24, 2.45) is 0 Å². The Kier molecular flexibility index (Phi) is 6.73. The Hall–Kier alpha value is -2.57. The molecule has 0 spiro atoms. The minimum absolute atomic E-state index is 0.124. The van der Waals surface area contributed by atoms with Gasteiger partial charge in [0.1, 0.15) is 19.7 Å². The summed E-state index contributed by atoms with van der Waals surface area (Å²) in [4.78, 5) is 35.2. The first-order chi connectivity index (χ1) is 10.0. The lowest BCUT2D eigenvalue weighted by Gasteiger charge is -2.15. The van der Waals surface area contributed by atoms with Crippen LogP contribution in [0.1, 0.15) is 5.56 Å². The van der Waals surface area contributed by atoms with E-state index >= 15 is 0 Å². The van der Waals surface area contributed by atoms with Crippen LogP contribution in [0.4, 0.5) is 4.79 Å². The number of hydrogen-bond acceptors (Lipinski definition) is 5. The molecular weight excluding hydrogens is 276 g/mol. The zero-order valence-corrected chi connectivity index (χ0v) is 12.0. The van der Waals surface area contributed by atoms with Crippen LogP contribution in [0.2, 0.25) is 0 Å². The van der Waals surface area contributed by atoms with E-state index in [0.717, 1.165) is 10.5 Å². The van der Waals surface area contributed by atoms with Gasteiger partial charge in [0.05, 0.1) is 7.11 Å². The molecule has 2 amide bonds. The lowest BCUT2D eigenvalue weighted by Crippen LogP contribution is -2.40. The smallest absolute Gasteiger partial charge is 0.407 e. The number of benzene rings is 1. The van der Waals surface area contributed by atoms with Gasteiger partial charge in [-0.05, 0) is 5.56 Å². The predicted octanol–water partition coefficient (Wildman–Crippen LogP) is 0.544. The van der Waals surface area contributed by atoms with Gasteiger partial charge in [-0.25, -0.2) is 4.79 Å². The Balaban J connectivity index is 2.26. The monoisotopic (exact) mass is 294 g/mol. The molecule has 0 radical (unpaired) electrons. The summed E-state index contributed by atoms with van der Waals surface area (Å²) in [6, 6.07) is 9.17. The van der Waals surface area contributed by atoms with Gasteiger partial charge in [0.25, 0.3) is 0 Å². The number of methoxy groups -OCH3 is 1. The average molecular weight is 294 g/mol. The topological polar surface area (TPSA) is 84.9 Å². The van der Waals surface area contributed by atoms with Gasteiger partial charge < -0.3 is 19.7 Å². The molecule has 114 valence electrons. The van der Waals surface area contributed by atoms with Crippen LogP contribution in [-0.2, 0) is 25.7 Å². The van der Waals surface area contributed by atoms with Crippen molar-refractivity contribution < 1.29 is 23.9 Å². The number of rotatable bonds is 6. The van der Waals surface area contributed by atoms with Crippen molar-refractivity contribution in [3.8, 4) is 0 Å². The maximum Gasteiger partial charge on any atom is 0.407 e. The van der Waals surface area contributed by atoms with E-state index in [1.807, 2.05) is 30.3 Å². The molecule has 0 bridgehead atoms. The molecule has 1 N–H and O–H groups in total. The van der Waals surface area contributed by atoms with Gasteiger partial charge in [0.2, 0.25) is 5.91 Å². The molecule has 0 saturated carbocycles. The Morgan fingerprint density at radius 3 is 2.48 bits per heavy atom. The number of amides is 2. The first-order valence-electron chi connectivity index (χ1n) is 6.28. The second-order valence-electron chi connectivity index (χ2n) is 4.24. The summed E-state index contributed by atoms with van der Waals surface area (Å²) in [5.41, 5.74) is 0.849. The third kappa shape index (κ3) is 6.42. The molecule has 1 aromatic rings. The van der Waals surface area contributed by atoms with Gasteiger partial charge >= 0.3 is 12.1 Å². The van der Waals surface area contributed by atoms with E-state index in [4.69, 9.17) is 4.74 Å². The molecule has 0 aliphatic carbocycles. The highest BCUT2D eigenvalue weighted by Crippen LogP contribution is 2.00. The van der Waals surface area contributed by atoms with E-state index in [-0.39, 0.29) is 19.7 Å². The molecule has 7 nitrogen and oxygen atoms in total. The Labute approximate surface area is 122 Å². The third-order valence-electron chi connectivity index (χ3n) is 2.62. The molecule has 1 aromatic carbocycles. The number of esters is 1. The van der Waals surface area contributed by atoms with E-state index in [0.29, 0.717) is 0 Å². The first-order valence-corrected chi connectivity index (χ1v) is 6.28. The number of nitrogens with zero attached hydrogens (tertiary/aromatic N) is 1. The number of carbonyl (C=O) groups is 3. The van der Waals surface area contributed by atoms with E-state index in [9.17, 15) is 14.4 Å². The second kappa shape index (κ2) is 8.57. The minimum atomic E-state index is -0.696. The number of ether oxygens (including phenoxy) is 2. The standard InChI is InChI=1S/C14H18N2O5/c1-16(9-13(18)20-2)12(17)8-15-14(19)21-10-11-6-4-3-5-7-11/h3-7H,8-10H2,1-2H3,(H,15,19). The summed E-state index contributed by atoms with van der Waals surface area (Å²) in [5.74, 6) is -0.949. The molecule has 0 heterocycles. The van der Waals surface area contributed by atoms with Crippen molar-refractivity contribution in [1.29, 1.82) is 0 Å². The van der Waals surface area contributed by atoms with Gasteiger partial charge in [0, 0.05) is 7.05 Å². The lowest BCUT2D eigenvalue weighted by molar-refractivity contribution is -0.145. The summed E-state index contributed by atoms with van der Waals surface area (Å²) in [6.45, 7) is -0.296. The Bertz CT molecular complexity index is 489. The number of likely N-dealkylation sites (N-methyl/N-ethyl adjacent to an activating group) is 1. The molecule has 1 rings (SSSR count). The van der Waals surface area contributed by atoms with Crippen molar-refractivity contribution in [3.63, 3.8) is 0 Å². The minimum Gasteiger partial charge on any atom is -0.468 e. The van der Waals surface area contributed by atoms with Crippen molar-refractivity contribution in [1.82, 2.24) is 10.2 Å². The largest absolute Gasteiger partial charge is 0.468 e. The summed E-state index contributed by atoms with van der Waals surface area (Å²) < 4.78 is 9.39. The molecule has 0 aromatic heterocycles. The zero-order valence-electron chi connectivity index (χ0n) is 12.0. The van der Waals surface area contributed by atoms with E-state index in [2.05, 4.69) is 10.1 Å². The lowest BCUT2D eigenvalue weighted by atomic mass is 10.2. The van der Waals surface area contributed by atoms with Crippen LogP contribution >= 0.6 is 0 Å². The fraction of sp³-hybridized carbons (Fsp3) is 0.357. The van der Waals surface area contributed by atoms with Crippen molar-refractivity contribution in [2.45, 2.75) is 6.61 Å². The fourth-order valence-electron chi connectivity index (χ4n) is 1.40. The first kappa shape index (κ1) is 16.5. The maximum absolute atomic E-state index is 11.6. The number of carbonyl (C=O) groups excluding carboxylic acids is 3. The van der Waals surface area contributed by atoms with E-state index in [1.54, 1.807) is 0 Å². The van der Waals surface area contributed by atoms with Gasteiger partial charge in [0.15, 0.2) is 0 Å². The molecule has 0 aliphatic rings. The van der Waals surface area contributed by atoms with Crippen molar-refractivity contribution >= 4 is 18.0 Å². The van der Waals surface area contributed by atoms with Crippen molar-refractivity contribution in [3.05, 3.63) is 35.9 Å². The average Bonchev–Trinajstić information content (AvgIpc) is 2.51. The molecule has 0 aliphatic heterocycles. The molecule has 21 heavy (non-hydrogen) atoms. The molecule has 7 heteroatoms. The number of nitrogens with one attached hydrogen (secondary N) is 1. The summed E-state index contributed by atoms with van der Waals surface area (Å²) in [5, 5.41) is 2.32. The summed E-state index contributed by atoms with van der Waals surface area (Å²) >= 11 is 0. The second-order valence-corrected chi connectivity index (χ2v) is 4.24. The summed E-state index contributed by atoms with van der Waals surface area (Å²) in [6.07, 6.45) is -0.696. The maximum atomic E-state index is 11.6. The van der Waals surface area contributed by atoms with Crippen LogP contribution in [-0.4, -0.2) is 50.1 Å². The van der Waals surface area contributed by atoms with E-state index < -0.39 is 18.0 Å². The van der Waals surface area contributed by atoms with Crippen molar-refractivity contribution in [2.75, 3.05) is 27.2 Å². The number of hydrogen-bond donors (Lipinski definition) is 1. The molecule has 0 fully saturated rings. The van der Waals surface area contributed by atoms with Crippen LogP contribution < -0.4 is 5.32 Å². The van der Waals surface area contributed by atoms with Gasteiger partial charge in [-0.15, -0.1) is 0 Å². The third-order valence-corrected chi connectivity index (χ3v) is 2.62. The summed E-state index contributed by atoms with van der Waals surface area (Å²) in [7, 11) is 2.68. The normalized spacial score (nSPS) is 9.62. The van der Waals surface area contributed by atoms with Crippen LogP contribution in [0.25, 0.3) is 0 Å².